The number of nitro groups is 1. The topological polar surface area (TPSA) is 105 Å². The van der Waals surface area contributed by atoms with Gasteiger partial charge in [0.2, 0.25) is 0 Å². The van der Waals surface area contributed by atoms with E-state index in [4.69, 9.17) is 0 Å². The van der Waals surface area contributed by atoms with Crippen LogP contribution in [-0.2, 0) is 18.4 Å². The van der Waals surface area contributed by atoms with Crippen molar-refractivity contribution in [2.24, 2.45) is 7.05 Å². The van der Waals surface area contributed by atoms with Crippen LogP contribution in [0.25, 0.3) is 22.7 Å². The fourth-order valence-electron chi connectivity index (χ4n) is 5.44. The number of aryl methyl sites for hydroxylation is 1. The normalized spacial score (nSPS) is 16.4. The molecule has 1 aromatic heterocycles. The van der Waals surface area contributed by atoms with E-state index in [1.807, 2.05) is 54.2 Å². The Labute approximate surface area is 232 Å². The highest BCUT2D eigenvalue weighted by Gasteiger charge is 2.30. The van der Waals surface area contributed by atoms with Crippen molar-refractivity contribution in [3.63, 3.8) is 0 Å². The molecule has 9 heteroatoms. The van der Waals surface area contributed by atoms with E-state index in [1.165, 1.54) is 37.0 Å². The number of imidazole rings is 1. The Morgan fingerprint density at radius 2 is 1.77 bits per heavy atom. The van der Waals surface area contributed by atoms with Crippen LogP contribution in [0.15, 0.2) is 79.1 Å². The van der Waals surface area contributed by atoms with E-state index in [9.17, 15) is 14.9 Å². The third kappa shape index (κ3) is 5.11. The highest BCUT2D eigenvalue weighted by Crippen LogP contribution is 2.39. The van der Waals surface area contributed by atoms with Crippen LogP contribution in [0, 0.1) is 10.1 Å². The summed E-state index contributed by atoms with van der Waals surface area (Å²) in [6, 6.07) is 20.5. The van der Waals surface area contributed by atoms with E-state index in [1.54, 1.807) is 12.3 Å². The van der Waals surface area contributed by atoms with Crippen LogP contribution in [-0.4, -0.2) is 38.4 Å². The zero-order chi connectivity index (χ0) is 27.6. The molecule has 3 aromatic carbocycles. The lowest BCUT2D eigenvalue weighted by molar-refractivity contribution is -0.384. The molecule has 9 nitrogen and oxygen atoms in total. The van der Waals surface area contributed by atoms with Crippen LogP contribution >= 0.6 is 0 Å². The highest BCUT2D eigenvalue weighted by atomic mass is 16.6. The molecule has 3 heterocycles. The number of carbonyl (C=O) groups is 1. The predicted molar refractivity (Wildman–Crippen MR) is 156 cm³/mol. The summed E-state index contributed by atoms with van der Waals surface area (Å²) in [6.07, 6.45) is 7.42. The van der Waals surface area contributed by atoms with Gasteiger partial charge >= 0.3 is 0 Å². The molecular formula is C31H30N6O3. The molecule has 2 aliphatic heterocycles. The molecule has 2 N–H and O–H groups in total. The van der Waals surface area contributed by atoms with E-state index < -0.39 is 4.92 Å². The second-order valence-corrected chi connectivity index (χ2v) is 10.3. The molecule has 0 atom stereocenters. The summed E-state index contributed by atoms with van der Waals surface area (Å²) in [5, 5.41) is 17.9. The van der Waals surface area contributed by atoms with Gasteiger partial charge in [0, 0.05) is 60.6 Å². The van der Waals surface area contributed by atoms with E-state index in [2.05, 4.69) is 32.7 Å². The smallest absolute Gasteiger partial charge is 0.270 e. The van der Waals surface area contributed by atoms with Gasteiger partial charge in [-0.25, -0.2) is 4.98 Å². The molecule has 0 spiro atoms. The summed E-state index contributed by atoms with van der Waals surface area (Å²) >= 11 is 0. The van der Waals surface area contributed by atoms with Crippen LogP contribution in [0.4, 0.5) is 17.1 Å². The number of piperidine rings is 1. The van der Waals surface area contributed by atoms with Crippen molar-refractivity contribution in [1.29, 1.82) is 0 Å². The number of nitro benzene ring substituents is 1. The van der Waals surface area contributed by atoms with Crippen LogP contribution in [0.2, 0.25) is 0 Å². The summed E-state index contributed by atoms with van der Waals surface area (Å²) in [6.45, 7) is 3.12. The van der Waals surface area contributed by atoms with Gasteiger partial charge in [-0.3, -0.25) is 19.8 Å². The van der Waals surface area contributed by atoms with Crippen molar-refractivity contribution in [2.45, 2.75) is 25.8 Å². The number of hydrogen-bond donors (Lipinski definition) is 2. The molecule has 0 bridgehead atoms. The van der Waals surface area contributed by atoms with Crippen LogP contribution in [0.3, 0.4) is 0 Å². The number of amides is 1. The predicted octanol–water partition coefficient (Wildman–Crippen LogP) is 5.91. The van der Waals surface area contributed by atoms with Crippen LogP contribution in [0.5, 0.6) is 0 Å². The number of aromatic nitrogens is 2. The first-order valence-electron chi connectivity index (χ1n) is 13.5. The van der Waals surface area contributed by atoms with E-state index in [-0.39, 0.29) is 11.6 Å². The minimum absolute atomic E-state index is 0.0663. The molecule has 1 amide bonds. The third-order valence-corrected chi connectivity index (χ3v) is 7.54. The molecule has 0 radical (unpaired) electrons. The first-order chi connectivity index (χ1) is 19.5. The number of fused-ring (bicyclic) bond motifs is 1. The standard InChI is InChI=1S/C31H30N6O3/c1-35-18-15-32-30(35)23-9-11-24(12-10-23)33-29(22-7-5-21(6-8-22)20-36-16-3-2-4-17-36)28-26-19-25(37(39)40)13-14-27(26)34-31(28)38/h5-15,18-19,33H,2-4,16-17,20H2,1H3,(H,34,38)/b29-28-. The maximum Gasteiger partial charge on any atom is 0.270 e. The zero-order valence-corrected chi connectivity index (χ0v) is 22.3. The van der Waals surface area contributed by atoms with Gasteiger partial charge in [0.25, 0.3) is 11.6 Å². The number of anilines is 2. The Bertz CT molecular complexity index is 1600. The van der Waals surface area contributed by atoms with Gasteiger partial charge in [0.05, 0.1) is 16.2 Å². The van der Waals surface area contributed by atoms with Gasteiger partial charge in [-0.2, -0.15) is 0 Å². The molecule has 0 saturated carbocycles. The first kappa shape index (κ1) is 25.5. The summed E-state index contributed by atoms with van der Waals surface area (Å²) in [5.41, 5.74) is 5.73. The molecule has 202 valence electrons. The number of hydrogen-bond acceptors (Lipinski definition) is 6. The van der Waals surface area contributed by atoms with Crippen molar-refractivity contribution in [3.05, 3.63) is 106 Å². The molecule has 4 aromatic rings. The second kappa shape index (κ2) is 10.8. The van der Waals surface area contributed by atoms with Gasteiger partial charge in [0.1, 0.15) is 5.82 Å². The minimum atomic E-state index is -0.445. The van der Waals surface area contributed by atoms with Crippen LogP contribution in [0.1, 0.15) is 36.0 Å². The highest BCUT2D eigenvalue weighted by molar-refractivity contribution is 6.37. The molecule has 0 aliphatic carbocycles. The van der Waals surface area contributed by atoms with Crippen molar-refractivity contribution < 1.29 is 9.72 Å². The number of nitrogens with zero attached hydrogens (tertiary/aromatic N) is 4. The van der Waals surface area contributed by atoms with Crippen LogP contribution < -0.4 is 10.6 Å². The van der Waals surface area contributed by atoms with E-state index >= 15 is 0 Å². The number of non-ortho nitro benzene ring substituents is 1. The average molecular weight is 535 g/mol. The van der Waals surface area contributed by atoms with Gasteiger partial charge in [-0.1, -0.05) is 30.7 Å². The quantitative estimate of drug-likeness (QED) is 0.173. The Morgan fingerprint density at radius 3 is 2.45 bits per heavy atom. The van der Waals surface area contributed by atoms with Gasteiger partial charge in [-0.05, 0) is 67.4 Å². The lowest BCUT2D eigenvalue weighted by Gasteiger charge is -2.26. The first-order valence-corrected chi connectivity index (χ1v) is 13.5. The summed E-state index contributed by atoms with van der Waals surface area (Å²) < 4.78 is 1.95. The van der Waals surface area contributed by atoms with E-state index in [0.717, 1.165) is 42.3 Å². The number of rotatable bonds is 7. The molecule has 40 heavy (non-hydrogen) atoms. The van der Waals surface area contributed by atoms with Gasteiger partial charge in [0.15, 0.2) is 0 Å². The Kier molecular flexibility index (Phi) is 6.88. The average Bonchev–Trinajstić information content (AvgIpc) is 3.54. The molecular weight excluding hydrogens is 504 g/mol. The summed E-state index contributed by atoms with van der Waals surface area (Å²) in [7, 11) is 1.95. The second-order valence-electron chi connectivity index (χ2n) is 10.3. The molecule has 2 aliphatic rings. The maximum atomic E-state index is 13.3. The molecule has 1 saturated heterocycles. The van der Waals surface area contributed by atoms with Crippen molar-refractivity contribution >= 4 is 34.2 Å². The monoisotopic (exact) mass is 534 g/mol. The number of likely N-dealkylation sites (tertiary alicyclic amines) is 1. The lowest BCUT2D eigenvalue weighted by atomic mass is 9.98. The molecule has 6 rings (SSSR count). The number of carbonyl (C=O) groups excluding carboxylic acids is 1. The molecule has 0 unspecified atom stereocenters. The fraction of sp³-hybridized carbons (Fsp3) is 0.226. The maximum absolute atomic E-state index is 13.3. The van der Waals surface area contributed by atoms with Crippen molar-refractivity contribution in [1.82, 2.24) is 14.5 Å². The fourth-order valence-corrected chi connectivity index (χ4v) is 5.44. The Balaban J connectivity index is 1.39. The SMILES string of the molecule is Cn1ccnc1-c1ccc(N/C(=C2\C(=O)Nc3ccc([N+](=O)[O-])cc32)c2ccc(CN3CCCCC3)cc2)cc1. The number of nitrogens with one attached hydrogen (secondary N) is 2. The van der Waals surface area contributed by atoms with Crippen molar-refractivity contribution in [3.8, 4) is 11.4 Å². The summed E-state index contributed by atoms with van der Waals surface area (Å²) in [5.74, 6) is 0.547. The third-order valence-electron chi connectivity index (χ3n) is 7.54. The largest absolute Gasteiger partial charge is 0.354 e. The number of benzene rings is 3. The van der Waals surface area contributed by atoms with E-state index in [0.29, 0.717) is 22.5 Å². The zero-order valence-electron chi connectivity index (χ0n) is 22.3. The molecule has 1 fully saturated rings. The van der Waals surface area contributed by atoms with Crippen molar-refractivity contribution in [2.75, 3.05) is 23.7 Å². The van der Waals surface area contributed by atoms with Gasteiger partial charge < -0.3 is 15.2 Å². The Hall–Kier alpha value is -4.76. The van der Waals surface area contributed by atoms with Gasteiger partial charge in [-0.15, -0.1) is 0 Å². The summed E-state index contributed by atoms with van der Waals surface area (Å²) in [4.78, 5) is 31.3. The Morgan fingerprint density at radius 1 is 1.02 bits per heavy atom. The minimum Gasteiger partial charge on any atom is -0.354 e. The lowest BCUT2D eigenvalue weighted by Crippen LogP contribution is -2.29.